The molecule has 0 bridgehead atoms. The van der Waals surface area contributed by atoms with Gasteiger partial charge >= 0.3 is 0 Å². The van der Waals surface area contributed by atoms with E-state index in [-0.39, 0.29) is 11.9 Å². The average Bonchev–Trinajstić information content (AvgIpc) is 3.02. The summed E-state index contributed by atoms with van der Waals surface area (Å²) in [7, 11) is 1.64. The molecule has 1 aliphatic rings. The number of carbonyl (C=O) groups excluding carboxylic acids is 1. The molecule has 0 saturated heterocycles. The number of nitrogens with one attached hydrogen (secondary N) is 1. The lowest BCUT2D eigenvalue weighted by Gasteiger charge is -2.30. The number of hydrogen-bond donors (Lipinski definition) is 1. The van der Waals surface area contributed by atoms with Gasteiger partial charge in [-0.1, -0.05) is 0 Å². The largest absolute Gasteiger partial charge is 0.497 e. The van der Waals surface area contributed by atoms with Crippen LogP contribution in [0.2, 0.25) is 0 Å². The fourth-order valence-corrected chi connectivity index (χ4v) is 3.60. The van der Waals surface area contributed by atoms with Crippen LogP contribution in [0.15, 0.2) is 35.7 Å². The van der Waals surface area contributed by atoms with Gasteiger partial charge in [0.05, 0.1) is 7.11 Å². The van der Waals surface area contributed by atoms with Crippen molar-refractivity contribution in [2.45, 2.75) is 25.9 Å². The van der Waals surface area contributed by atoms with E-state index in [1.54, 1.807) is 18.4 Å². The van der Waals surface area contributed by atoms with E-state index < -0.39 is 0 Å². The molecule has 0 saturated carbocycles. The number of fused-ring (bicyclic) bond motifs is 1. The highest BCUT2D eigenvalue weighted by atomic mass is 32.1. The summed E-state index contributed by atoms with van der Waals surface area (Å²) in [5.74, 6) is 0.957. The molecule has 1 N–H and O–H groups in total. The van der Waals surface area contributed by atoms with Crippen LogP contribution in [0, 0.1) is 0 Å². The maximum absolute atomic E-state index is 12.6. The van der Waals surface area contributed by atoms with Gasteiger partial charge in [-0.2, -0.15) is 0 Å². The lowest BCUT2D eigenvalue weighted by atomic mass is 10.1. The first-order valence-electron chi connectivity index (χ1n) is 7.42. The molecule has 1 unspecified atom stereocenters. The van der Waals surface area contributed by atoms with Crippen molar-refractivity contribution in [3.8, 4) is 5.75 Å². The molecule has 0 spiro atoms. The second-order valence-electron chi connectivity index (χ2n) is 5.47. The Morgan fingerprint density at radius 3 is 2.82 bits per heavy atom. The van der Waals surface area contributed by atoms with Gasteiger partial charge in [-0.3, -0.25) is 4.79 Å². The number of amides is 1. The fraction of sp³-hybridized carbons (Fsp3) is 0.353. The number of carbonyl (C=O) groups is 1. The summed E-state index contributed by atoms with van der Waals surface area (Å²) in [6.45, 7) is 3.45. The van der Waals surface area contributed by atoms with Gasteiger partial charge < -0.3 is 15.0 Å². The van der Waals surface area contributed by atoms with Crippen molar-refractivity contribution in [3.05, 3.63) is 46.2 Å². The summed E-state index contributed by atoms with van der Waals surface area (Å²) >= 11 is 1.79. The van der Waals surface area contributed by atoms with Crippen molar-refractivity contribution >= 4 is 22.9 Å². The zero-order valence-corrected chi connectivity index (χ0v) is 13.7. The van der Waals surface area contributed by atoms with E-state index in [1.807, 2.05) is 36.1 Å². The third-order valence-electron chi connectivity index (χ3n) is 3.96. The van der Waals surface area contributed by atoms with Crippen LogP contribution in [0.25, 0.3) is 0 Å². The molecule has 1 atom stereocenters. The number of methoxy groups -OCH3 is 1. The van der Waals surface area contributed by atoms with Gasteiger partial charge in [-0.15, -0.1) is 11.3 Å². The molecular formula is C17H20N2O2S. The van der Waals surface area contributed by atoms with E-state index >= 15 is 0 Å². The molecular weight excluding hydrogens is 296 g/mol. The monoisotopic (exact) mass is 316 g/mol. The highest BCUT2D eigenvalue weighted by Gasteiger charge is 2.25. The van der Waals surface area contributed by atoms with Crippen LogP contribution in [-0.4, -0.2) is 30.5 Å². The van der Waals surface area contributed by atoms with Crippen molar-refractivity contribution in [3.63, 3.8) is 0 Å². The summed E-state index contributed by atoms with van der Waals surface area (Å²) in [6, 6.07) is 9.51. The molecule has 1 aromatic carbocycles. The number of thiophene rings is 1. The molecule has 116 valence electrons. The van der Waals surface area contributed by atoms with Crippen LogP contribution in [0.3, 0.4) is 0 Å². The van der Waals surface area contributed by atoms with Crippen molar-refractivity contribution in [1.29, 1.82) is 0 Å². The molecule has 1 aromatic heterocycles. The first-order chi connectivity index (χ1) is 10.7. The summed E-state index contributed by atoms with van der Waals surface area (Å²) in [6.07, 6.45) is 0.966. The number of ether oxygens (including phenoxy) is 1. The highest BCUT2D eigenvalue weighted by molar-refractivity contribution is 7.10. The lowest BCUT2D eigenvalue weighted by molar-refractivity contribution is -0.132. The Kier molecular flexibility index (Phi) is 4.34. The maximum atomic E-state index is 12.6. The molecule has 2 aromatic rings. The first kappa shape index (κ1) is 14.9. The normalized spacial score (nSPS) is 15.1. The number of rotatable bonds is 4. The van der Waals surface area contributed by atoms with Crippen molar-refractivity contribution in [1.82, 2.24) is 4.90 Å². The molecule has 3 rings (SSSR count). The van der Waals surface area contributed by atoms with Crippen LogP contribution >= 0.6 is 11.3 Å². The van der Waals surface area contributed by atoms with E-state index in [9.17, 15) is 4.79 Å². The predicted octanol–water partition coefficient (Wildman–Crippen LogP) is 3.14. The minimum absolute atomic E-state index is 0.146. The van der Waals surface area contributed by atoms with E-state index in [0.29, 0.717) is 0 Å². The van der Waals surface area contributed by atoms with E-state index in [1.165, 1.54) is 10.4 Å². The molecule has 0 fully saturated rings. The van der Waals surface area contributed by atoms with Crippen molar-refractivity contribution in [2.24, 2.45) is 0 Å². The minimum atomic E-state index is -0.242. The average molecular weight is 316 g/mol. The van der Waals surface area contributed by atoms with Gasteiger partial charge in [-0.25, -0.2) is 0 Å². The third kappa shape index (κ3) is 3.09. The third-order valence-corrected chi connectivity index (χ3v) is 4.99. The molecule has 4 nitrogen and oxygen atoms in total. The second-order valence-corrected chi connectivity index (χ2v) is 6.47. The molecule has 5 heteroatoms. The Hall–Kier alpha value is -2.01. The van der Waals surface area contributed by atoms with Crippen molar-refractivity contribution < 1.29 is 9.53 Å². The molecule has 0 radical (unpaired) electrons. The predicted molar refractivity (Wildman–Crippen MR) is 89.5 cm³/mol. The van der Waals surface area contributed by atoms with Crippen LogP contribution < -0.4 is 10.1 Å². The summed E-state index contributed by atoms with van der Waals surface area (Å²) in [5.41, 5.74) is 2.22. The van der Waals surface area contributed by atoms with Crippen LogP contribution in [0.4, 0.5) is 5.69 Å². The number of nitrogens with zero attached hydrogens (tertiary/aromatic N) is 1. The number of anilines is 1. The van der Waals surface area contributed by atoms with Gasteiger partial charge in [0.25, 0.3) is 0 Å². The van der Waals surface area contributed by atoms with Crippen LogP contribution in [0.1, 0.15) is 17.4 Å². The Morgan fingerprint density at radius 1 is 1.32 bits per heavy atom. The first-order valence-corrected chi connectivity index (χ1v) is 8.30. The summed E-state index contributed by atoms with van der Waals surface area (Å²) in [5, 5.41) is 5.37. The molecule has 1 aliphatic heterocycles. The standard InChI is InChI=1S/C17H20N2O2S/c1-12(18-14-3-5-15(21-2)6-4-14)17(20)19-9-7-16-13(11-19)8-10-22-16/h3-6,8,10,12,18H,7,9,11H2,1-2H3. The smallest absolute Gasteiger partial charge is 0.245 e. The zero-order valence-electron chi connectivity index (χ0n) is 12.8. The molecule has 0 aliphatic carbocycles. The summed E-state index contributed by atoms with van der Waals surface area (Å²) < 4.78 is 5.14. The van der Waals surface area contributed by atoms with E-state index in [2.05, 4.69) is 16.8 Å². The number of benzene rings is 1. The Balaban J connectivity index is 1.62. The van der Waals surface area contributed by atoms with Gasteiger partial charge in [0.2, 0.25) is 5.91 Å². The molecule has 1 amide bonds. The number of hydrogen-bond acceptors (Lipinski definition) is 4. The fourth-order valence-electron chi connectivity index (χ4n) is 2.71. The quantitative estimate of drug-likeness (QED) is 0.942. The highest BCUT2D eigenvalue weighted by Crippen LogP contribution is 2.24. The minimum Gasteiger partial charge on any atom is -0.497 e. The Labute approximate surface area is 134 Å². The molecule has 22 heavy (non-hydrogen) atoms. The van der Waals surface area contributed by atoms with Crippen LogP contribution in [-0.2, 0) is 17.8 Å². The van der Waals surface area contributed by atoms with Gasteiger partial charge in [0.15, 0.2) is 0 Å². The lowest BCUT2D eigenvalue weighted by Crippen LogP contribution is -2.43. The topological polar surface area (TPSA) is 41.6 Å². The van der Waals surface area contributed by atoms with E-state index in [4.69, 9.17) is 4.74 Å². The second kappa shape index (κ2) is 6.40. The maximum Gasteiger partial charge on any atom is 0.245 e. The van der Waals surface area contributed by atoms with Crippen LogP contribution in [0.5, 0.6) is 5.75 Å². The van der Waals surface area contributed by atoms with Gasteiger partial charge in [-0.05, 0) is 54.6 Å². The van der Waals surface area contributed by atoms with Gasteiger partial charge in [0, 0.05) is 23.7 Å². The Bertz CT molecular complexity index is 651. The van der Waals surface area contributed by atoms with E-state index in [0.717, 1.165) is 30.9 Å². The summed E-state index contributed by atoms with van der Waals surface area (Å²) in [4.78, 5) is 16.0. The van der Waals surface area contributed by atoms with Gasteiger partial charge in [0.1, 0.15) is 11.8 Å². The zero-order chi connectivity index (χ0) is 15.5. The Morgan fingerprint density at radius 2 is 2.09 bits per heavy atom. The SMILES string of the molecule is COc1ccc(NC(C)C(=O)N2CCc3sccc3C2)cc1. The molecule has 2 heterocycles. The van der Waals surface area contributed by atoms with Crippen molar-refractivity contribution in [2.75, 3.05) is 19.0 Å².